The van der Waals surface area contributed by atoms with E-state index in [4.69, 9.17) is 4.74 Å². The van der Waals surface area contributed by atoms with Crippen LogP contribution in [0.5, 0.6) is 0 Å². The van der Waals surface area contributed by atoms with Crippen LogP contribution in [0.4, 0.5) is 8.78 Å². The lowest BCUT2D eigenvalue weighted by Crippen LogP contribution is -2.39. The van der Waals surface area contributed by atoms with Crippen molar-refractivity contribution in [2.75, 3.05) is 13.2 Å². The van der Waals surface area contributed by atoms with Crippen molar-refractivity contribution in [2.24, 2.45) is 0 Å². The van der Waals surface area contributed by atoms with E-state index in [1.807, 2.05) is 0 Å². The summed E-state index contributed by atoms with van der Waals surface area (Å²) in [6, 6.07) is 6.38. The molecule has 2 aromatic rings. The number of carbonyl (C=O) groups is 1. The van der Waals surface area contributed by atoms with Crippen molar-refractivity contribution in [3.8, 4) is 11.1 Å². The van der Waals surface area contributed by atoms with Crippen LogP contribution >= 0.6 is 0 Å². The van der Waals surface area contributed by atoms with Gasteiger partial charge in [-0.25, -0.2) is 8.78 Å². The maximum atomic E-state index is 13.7. The second-order valence-electron chi connectivity index (χ2n) is 5.42. The molecule has 6 heteroatoms. The van der Waals surface area contributed by atoms with Gasteiger partial charge in [-0.2, -0.15) is 0 Å². The highest BCUT2D eigenvalue weighted by molar-refractivity contribution is 5.92. The van der Waals surface area contributed by atoms with E-state index in [2.05, 4.69) is 10.3 Å². The molecule has 23 heavy (non-hydrogen) atoms. The smallest absolute Gasteiger partial charge is 0.270 e. The molecule has 1 N–H and O–H groups in total. The lowest BCUT2D eigenvalue weighted by molar-refractivity contribution is 0.0694. The standard InChI is InChI=1S/C17H16F2N2O2/c18-12-2-3-15(19)14(9-12)11-1-4-16(20-10-11)17(22)21-13-5-7-23-8-6-13/h1-4,9-10,13H,5-8H2,(H,21,22). The van der Waals surface area contributed by atoms with Crippen molar-refractivity contribution in [3.63, 3.8) is 0 Å². The van der Waals surface area contributed by atoms with Crippen LogP contribution < -0.4 is 5.32 Å². The summed E-state index contributed by atoms with van der Waals surface area (Å²) in [5.41, 5.74) is 0.788. The van der Waals surface area contributed by atoms with Crippen LogP contribution in [0.15, 0.2) is 36.5 Å². The number of ether oxygens (including phenoxy) is 1. The van der Waals surface area contributed by atoms with E-state index in [-0.39, 0.29) is 23.2 Å². The Morgan fingerprint density at radius 3 is 2.65 bits per heavy atom. The number of aromatic nitrogens is 1. The molecule has 1 aromatic carbocycles. The normalized spacial score (nSPS) is 15.4. The Hall–Kier alpha value is -2.34. The molecule has 1 saturated heterocycles. The zero-order chi connectivity index (χ0) is 16.2. The van der Waals surface area contributed by atoms with Crippen molar-refractivity contribution >= 4 is 5.91 Å². The number of hydrogen-bond acceptors (Lipinski definition) is 3. The van der Waals surface area contributed by atoms with Gasteiger partial charge in [0, 0.05) is 36.6 Å². The average Bonchev–Trinajstić information content (AvgIpc) is 2.58. The van der Waals surface area contributed by atoms with E-state index in [1.165, 1.54) is 12.3 Å². The predicted octanol–water partition coefficient (Wildman–Crippen LogP) is 2.94. The molecule has 1 amide bonds. The second-order valence-corrected chi connectivity index (χ2v) is 5.42. The maximum absolute atomic E-state index is 13.7. The molecule has 1 aromatic heterocycles. The highest BCUT2D eigenvalue weighted by Crippen LogP contribution is 2.23. The molecule has 0 unspecified atom stereocenters. The number of hydrogen-bond donors (Lipinski definition) is 1. The number of nitrogens with one attached hydrogen (secondary N) is 1. The van der Waals surface area contributed by atoms with Gasteiger partial charge in [0.25, 0.3) is 5.91 Å². The minimum absolute atomic E-state index is 0.0818. The Labute approximate surface area is 132 Å². The van der Waals surface area contributed by atoms with Crippen LogP contribution in [0.1, 0.15) is 23.3 Å². The first-order chi connectivity index (χ1) is 11.1. The Morgan fingerprint density at radius 2 is 1.96 bits per heavy atom. The Bertz CT molecular complexity index is 698. The molecular formula is C17H16F2N2O2. The van der Waals surface area contributed by atoms with Gasteiger partial charge in [0.15, 0.2) is 0 Å². The van der Waals surface area contributed by atoms with E-state index in [9.17, 15) is 13.6 Å². The summed E-state index contributed by atoms with van der Waals surface area (Å²) in [5, 5.41) is 2.90. The summed E-state index contributed by atoms with van der Waals surface area (Å²) in [6.07, 6.45) is 2.92. The zero-order valence-corrected chi connectivity index (χ0v) is 12.4. The monoisotopic (exact) mass is 318 g/mol. The molecule has 0 radical (unpaired) electrons. The van der Waals surface area contributed by atoms with Gasteiger partial charge in [0.05, 0.1) is 0 Å². The highest BCUT2D eigenvalue weighted by atomic mass is 19.1. The number of benzene rings is 1. The van der Waals surface area contributed by atoms with Crippen LogP contribution in [0, 0.1) is 11.6 Å². The second kappa shape index (κ2) is 6.83. The lowest BCUT2D eigenvalue weighted by Gasteiger charge is -2.22. The number of nitrogens with zero attached hydrogens (tertiary/aromatic N) is 1. The third kappa shape index (κ3) is 3.71. The summed E-state index contributed by atoms with van der Waals surface area (Å²) in [5.74, 6) is -1.33. The first-order valence-electron chi connectivity index (χ1n) is 7.43. The van der Waals surface area contributed by atoms with Gasteiger partial charge < -0.3 is 10.1 Å². The van der Waals surface area contributed by atoms with E-state index in [1.54, 1.807) is 6.07 Å². The van der Waals surface area contributed by atoms with Gasteiger partial charge in [-0.1, -0.05) is 6.07 Å². The molecule has 3 rings (SSSR count). The zero-order valence-electron chi connectivity index (χ0n) is 12.4. The van der Waals surface area contributed by atoms with Crippen LogP contribution in [0.2, 0.25) is 0 Å². The molecule has 2 heterocycles. The van der Waals surface area contributed by atoms with Gasteiger partial charge in [0.1, 0.15) is 17.3 Å². The topological polar surface area (TPSA) is 51.2 Å². The molecule has 1 aliphatic heterocycles. The van der Waals surface area contributed by atoms with Gasteiger partial charge in [-0.05, 0) is 37.1 Å². The number of pyridine rings is 1. The molecule has 0 spiro atoms. The minimum atomic E-state index is -0.535. The average molecular weight is 318 g/mol. The number of rotatable bonds is 3. The number of carbonyl (C=O) groups excluding carboxylic acids is 1. The van der Waals surface area contributed by atoms with Gasteiger partial charge in [0.2, 0.25) is 0 Å². The number of halogens is 2. The van der Waals surface area contributed by atoms with Gasteiger partial charge >= 0.3 is 0 Å². The fourth-order valence-electron chi connectivity index (χ4n) is 2.51. The molecule has 0 aliphatic carbocycles. The Kier molecular flexibility index (Phi) is 4.62. The molecule has 0 saturated carbocycles. The maximum Gasteiger partial charge on any atom is 0.270 e. The van der Waals surface area contributed by atoms with E-state index >= 15 is 0 Å². The third-order valence-electron chi connectivity index (χ3n) is 3.79. The summed E-state index contributed by atoms with van der Waals surface area (Å²) in [6.45, 7) is 1.27. The summed E-state index contributed by atoms with van der Waals surface area (Å²) >= 11 is 0. The molecule has 1 aliphatic rings. The molecule has 120 valence electrons. The summed E-state index contributed by atoms with van der Waals surface area (Å²) < 4.78 is 32.2. The van der Waals surface area contributed by atoms with Crippen molar-refractivity contribution in [2.45, 2.75) is 18.9 Å². The third-order valence-corrected chi connectivity index (χ3v) is 3.79. The van der Waals surface area contributed by atoms with Gasteiger partial charge in [-0.15, -0.1) is 0 Å². The first kappa shape index (κ1) is 15.6. The molecule has 1 fully saturated rings. The predicted molar refractivity (Wildman–Crippen MR) is 80.9 cm³/mol. The fourth-order valence-corrected chi connectivity index (χ4v) is 2.51. The largest absolute Gasteiger partial charge is 0.381 e. The lowest BCUT2D eigenvalue weighted by atomic mass is 10.1. The van der Waals surface area contributed by atoms with Crippen LogP contribution in [-0.4, -0.2) is 30.1 Å². The van der Waals surface area contributed by atoms with Gasteiger partial charge in [-0.3, -0.25) is 9.78 Å². The summed E-state index contributed by atoms with van der Waals surface area (Å²) in [7, 11) is 0. The van der Waals surface area contributed by atoms with Crippen molar-refractivity contribution in [1.82, 2.24) is 10.3 Å². The molecular weight excluding hydrogens is 302 g/mol. The summed E-state index contributed by atoms with van der Waals surface area (Å²) in [4.78, 5) is 16.2. The van der Waals surface area contributed by atoms with Crippen molar-refractivity contribution < 1.29 is 18.3 Å². The molecule has 4 nitrogen and oxygen atoms in total. The van der Waals surface area contributed by atoms with Crippen molar-refractivity contribution in [1.29, 1.82) is 0 Å². The highest BCUT2D eigenvalue weighted by Gasteiger charge is 2.18. The fraction of sp³-hybridized carbons (Fsp3) is 0.294. The SMILES string of the molecule is O=C(NC1CCOCC1)c1ccc(-c2cc(F)ccc2F)cn1. The van der Waals surface area contributed by atoms with E-state index in [0.717, 1.165) is 31.0 Å². The van der Waals surface area contributed by atoms with Crippen LogP contribution in [-0.2, 0) is 4.74 Å². The Balaban J connectivity index is 1.73. The quantitative estimate of drug-likeness (QED) is 0.946. The van der Waals surface area contributed by atoms with Crippen LogP contribution in [0.25, 0.3) is 11.1 Å². The first-order valence-corrected chi connectivity index (χ1v) is 7.43. The van der Waals surface area contributed by atoms with E-state index < -0.39 is 11.6 Å². The number of amides is 1. The Morgan fingerprint density at radius 1 is 1.17 bits per heavy atom. The van der Waals surface area contributed by atoms with Crippen molar-refractivity contribution in [3.05, 3.63) is 53.9 Å². The molecule has 0 atom stereocenters. The van der Waals surface area contributed by atoms with E-state index in [0.29, 0.717) is 18.8 Å². The van der Waals surface area contributed by atoms with Crippen LogP contribution in [0.3, 0.4) is 0 Å². The molecule has 0 bridgehead atoms. The minimum Gasteiger partial charge on any atom is -0.381 e.